The van der Waals surface area contributed by atoms with E-state index in [4.69, 9.17) is 4.84 Å². The van der Waals surface area contributed by atoms with Crippen molar-refractivity contribution in [1.29, 1.82) is 0 Å². The fraction of sp³-hybridized carbons (Fsp3) is 0.556. The van der Waals surface area contributed by atoms with Crippen LogP contribution in [0.2, 0.25) is 0 Å². The number of nitrogens with one attached hydrogen (secondary N) is 1. The summed E-state index contributed by atoms with van der Waals surface area (Å²) in [6.45, 7) is 5.82. The first-order valence-electron chi connectivity index (χ1n) is 4.58. The zero-order chi connectivity index (χ0) is 11.6. The second kappa shape index (κ2) is 4.65. The van der Waals surface area contributed by atoms with E-state index in [1.165, 1.54) is 0 Å². The summed E-state index contributed by atoms with van der Waals surface area (Å²) in [5.41, 5.74) is -0.535. The molecule has 0 fully saturated rings. The molecular weight excluding hydrogens is 264 g/mol. The van der Waals surface area contributed by atoms with E-state index < -0.39 is 11.2 Å². The highest BCUT2D eigenvalue weighted by Gasteiger charge is 2.09. The zero-order valence-corrected chi connectivity index (χ0v) is 10.4. The number of hydrogen-bond donors (Lipinski definition) is 1. The number of hydrogen-bond acceptors (Lipinski definition) is 3. The average molecular weight is 277 g/mol. The van der Waals surface area contributed by atoms with Gasteiger partial charge in [0, 0.05) is 5.69 Å². The molecule has 15 heavy (non-hydrogen) atoms. The normalized spacial score (nSPS) is 10.7. The van der Waals surface area contributed by atoms with Gasteiger partial charge < -0.3 is 9.82 Å². The molecule has 0 radical (unpaired) electrons. The van der Waals surface area contributed by atoms with Gasteiger partial charge in [0.15, 0.2) is 0 Å². The van der Waals surface area contributed by atoms with Gasteiger partial charge in [0.1, 0.15) is 11.1 Å². The first-order chi connectivity index (χ1) is 6.93. The predicted octanol–water partition coefficient (Wildman–Crippen LogP) is 0.692. The van der Waals surface area contributed by atoms with Gasteiger partial charge in [-0.3, -0.25) is 4.79 Å². The van der Waals surface area contributed by atoms with E-state index in [2.05, 4.69) is 20.9 Å². The van der Waals surface area contributed by atoms with E-state index >= 15 is 0 Å². The smallest absolute Gasteiger partial charge is 0.362 e. The fourth-order valence-electron chi connectivity index (χ4n) is 0.949. The average Bonchev–Trinajstić information content (AvgIpc) is 2.14. The molecular formula is C9H13BrN2O3. The summed E-state index contributed by atoms with van der Waals surface area (Å²) in [6, 6.07) is 0. The van der Waals surface area contributed by atoms with Crippen LogP contribution in [0, 0.1) is 12.8 Å². The van der Waals surface area contributed by atoms with E-state index in [0.29, 0.717) is 16.8 Å². The summed E-state index contributed by atoms with van der Waals surface area (Å²) >= 11 is 3.09. The van der Waals surface area contributed by atoms with Crippen LogP contribution in [0.1, 0.15) is 19.5 Å². The van der Waals surface area contributed by atoms with Gasteiger partial charge >= 0.3 is 11.2 Å². The Morgan fingerprint density at radius 2 is 2.07 bits per heavy atom. The number of aryl methyl sites for hydroxylation is 1. The molecule has 1 rings (SSSR count). The lowest BCUT2D eigenvalue weighted by atomic mass is 10.2. The third kappa shape index (κ3) is 2.71. The molecule has 0 aliphatic heterocycles. The quantitative estimate of drug-likeness (QED) is 0.884. The highest BCUT2D eigenvalue weighted by Crippen LogP contribution is 2.03. The van der Waals surface area contributed by atoms with E-state index in [0.717, 1.165) is 4.73 Å². The number of nitrogens with zero attached hydrogens (tertiary/aromatic N) is 1. The fourth-order valence-corrected chi connectivity index (χ4v) is 1.21. The molecule has 1 heterocycles. The summed E-state index contributed by atoms with van der Waals surface area (Å²) in [7, 11) is 0. The maximum atomic E-state index is 11.6. The Balaban J connectivity index is 3.14. The van der Waals surface area contributed by atoms with Crippen LogP contribution in [0.5, 0.6) is 0 Å². The van der Waals surface area contributed by atoms with E-state index in [9.17, 15) is 9.59 Å². The van der Waals surface area contributed by atoms with Crippen molar-refractivity contribution in [3.8, 4) is 0 Å². The molecule has 1 aromatic rings. The van der Waals surface area contributed by atoms with E-state index in [1.807, 2.05) is 13.8 Å². The lowest BCUT2D eigenvalue weighted by molar-refractivity contribution is 0.0713. The molecule has 0 aromatic carbocycles. The molecule has 1 aromatic heterocycles. The SMILES string of the molecule is Cc1[nH]c(=O)n(OCC(C)C)c(=O)c1Br. The molecule has 5 nitrogen and oxygen atoms in total. The largest absolute Gasteiger partial charge is 0.406 e. The van der Waals surface area contributed by atoms with Gasteiger partial charge in [-0.05, 0) is 28.8 Å². The number of halogens is 1. The molecule has 0 unspecified atom stereocenters. The summed E-state index contributed by atoms with van der Waals surface area (Å²) in [6.07, 6.45) is 0. The van der Waals surface area contributed by atoms with Crippen molar-refractivity contribution >= 4 is 15.9 Å². The van der Waals surface area contributed by atoms with E-state index in [-0.39, 0.29) is 5.92 Å². The second-order valence-electron chi connectivity index (χ2n) is 3.66. The van der Waals surface area contributed by atoms with Crippen LogP contribution < -0.4 is 16.1 Å². The van der Waals surface area contributed by atoms with Crippen LogP contribution in [0.15, 0.2) is 14.1 Å². The van der Waals surface area contributed by atoms with Gasteiger partial charge in [0.2, 0.25) is 0 Å². The van der Waals surface area contributed by atoms with Gasteiger partial charge in [-0.1, -0.05) is 18.6 Å². The Morgan fingerprint density at radius 1 is 1.47 bits per heavy atom. The first kappa shape index (κ1) is 12.0. The number of rotatable bonds is 3. The maximum absolute atomic E-state index is 11.6. The van der Waals surface area contributed by atoms with Gasteiger partial charge in [-0.15, -0.1) is 0 Å². The van der Waals surface area contributed by atoms with Crippen LogP contribution in [-0.4, -0.2) is 16.3 Å². The molecule has 0 aliphatic rings. The Morgan fingerprint density at radius 3 is 2.60 bits per heavy atom. The summed E-state index contributed by atoms with van der Waals surface area (Å²) in [4.78, 5) is 30.6. The molecule has 84 valence electrons. The summed E-state index contributed by atoms with van der Waals surface area (Å²) < 4.78 is 1.04. The predicted molar refractivity (Wildman–Crippen MR) is 60.0 cm³/mol. The minimum atomic E-state index is -0.554. The highest BCUT2D eigenvalue weighted by atomic mass is 79.9. The minimum absolute atomic E-state index is 0.247. The van der Waals surface area contributed by atoms with Crippen molar-refractivity contribution < 1.29 is 4.84 Å². The Hall–Kier alpha value is -1.04. The van der Waals surface area contributed by atoms with Crippen LogP contribution in [0.4, 0.5) is 0 Å². The topological polar surface area (TPSA) is 64.1 Å². The van der Waals surface area contributed by atoms with E-state index in [1.54, 1.807) is 6.92 Å². The van der Waals surface area contributed by atoms with Crippen molar-refractivity contribution in [2.24, 2.45) is 5.92 Å². The van der Waals surface area contributed by atoms with Crippen molar-refractivity contribution in [2.75, 3.05) is 6.61 Å². The molecule has 0 saturated heterocycles. The third-order valence-electron chi connectivity index (χ3n) is 1.72. The molecule has 0 aliphatic carbocycles. The number of aromatic nitrogens is 2. The minimum Gasteiger partial charge on any atom is -0.406 e. The Kier molecular flexibility index (Phi) is 3.73. The third-order valence-corrected chi connectivity index (χ3v) is 2.65. The number of H-pyrrole nitrogens is 1. The summed E-state index contributed by atoms with van der Waals surface area (Å²) in [5, 5.41) is 0. The Bertz CT molecular complexity index is 461. The molecule has 0 amide bonds. The Labute approximate surface area is 95.2 Å². The molecule has 0 saturated carbocycles. The van der Waals surface area contributed by atoms with Gasteiger partial charge in [0.25, 0.3) is 0 Å². The summed E-state index contributed by atoms with van der Waals surface area (Å²) in [5.74, 6) is 0.247. The highest BCUT2D eigenvalue weighted by molar-refractivity contribution is 9.10. The second-order valence-corrected chi connectivity index (χ2v) is 4.45. The first-order valence-corrected chi connectivity index (χ1v) is 5.37. The van der Waals surface area contributed by atoms with Crippen molar-refractivity contribution in [3.05, 3.63) is 31.0 Å². The number of aromatic amines is 1. The molecule has 1 N–H and O–H groups in total. The molecule has 0 bridgehead atoms. The van der Waals surface area contributed by atoms with Gasteiger partial charge in [-0.25, -0.2) is 4.79 Å². The molecule has 6 heteroatoms. The van der Waals surface area contributed by atoms with Crippen LogP contribution in [0.3, 0.4) is 0 Å². The lowest BCUT2D eigenvalue weighted by Crippen LogP contribution is -2.41. The van der Waals surface area contributed by atoms with Crippen molar-refractivity contribution in [2.45, 2.75) is 20.8 Å². The van der Waals surface area contributed by atoms with Crippen molar-refractivity contribution in [3.63, 3.8) is 0 Å². The van der Waals surface area contributed by atoms with Crippen LogP contribution in [0.25, 0.3) is 0 Å². The van der Waals surface area contributed by atoms with Gasteiger partial charge in [0.05, 0.1) is 0 Å². The molecule has 0 atom stereocenters. The van der Waals surface area contributed by atoms with Gasteiger partial charge in [-0.2, -0.15) is 0 Å². The van der Waals surface area contributed by atoms with Crippen LogP contribution >= 0.6 is 15.9 Å². The lowest BCUT2D eigenvalue weighted by Gasteiger charge is -2.09. The zero-order valence-electron chi connectivity index (χ0n) is 8.83. The van der Waals surface area contributed by atoms with Crippen molar-refractivity contribution in [1.82, 2.24) is 9.71 Å². The maximum Gasteiger partial charge on any atom is 0.362 e. The molecule has 0 spiro atoms. The monoisotopic (exact) mass is 276 g/mol. The standard InChI is InChI=1S/C9H13BrN2O3/c1-5(2)4-15-12-8(13)7(10)6(3)11-9(12)14/h5H,4H2,1-3H3,(H,11,14). The van der Waals surface area contributed by atoms with Crippen LogP contribution in [-0.2, 0) is 0 Å².